The molecular weight excluding hydrogens is 470 g/mol. The number of fused-ring (bicyclic) bond motifs is 1. The molecule has 0 bridgehead atoms. The number of anilines is 1. The summed E-state index contributed by atoms with van der Waals surface area (Å²) >= 11 is 0. The molecule has 0 saturated carbocycles. The quantitative estimate of drug-likeness (QED) is 0.423. The Balaban J connectivity index is 1.34. The van der Waals surface area contributed by atoms with Gasteiger partial charge in [0, 0.05) is 41.9 Å². The molecule has 4 aromatic rings. The number of H-pyrrole nitrogens is 1. The maximum absolute atomic E-state index is 9.87. The Labute approximate surface area is 214 Å². The van der Waals surface area contributed by atoms with Crippen molar-refractivity contribution in [1.82, 2.24) is 25.4 Å². The van der Waals surface area contributed by atoms with Crippen molar-refractivity contribution in [2.75, 3.05) is 38.3 Å². The van der Waals surface area contributed by atoms with Crippen LogP contribution in [0, 0.1) is 30.6 Å². The molecule has 1 unspecified atom stereocenters. The molecule has 0 aliphatic carbocycles. The zero-order chi connectivity index (χ0) is 25.7. The van der Waals surface area contributed by atoms with Crippen LogP contribution in [0.2, 0.25) is 0 Å². The Hall–Kier alpha value is -4.23. The van der Waals surface area contributed by atoms with E-state index in [2.05, 4.69) is 36.3 Å². The molecule has 6 rings (SSSR count). The number of aromatic nitrogens is 5. The van der Waals surface area contributed by atoms with E-state index in [9.17, 15) is 5.26 Å². The molecule has 1 spiro atoms. The van der Waals surface area contributed by atoms with Crippen LogP contribution < -0.4 is 14.4 Å². The molecule has 2 fully saturated rings. The van der Waals surface area contributed by atoms with Crippen molar-refractivity contribution in [1.29, 1.82) is 5.26 Å². The highest BCUT2D eigenvalue weighted by molar-refractivity contribution is 5.95. The first-order valence-corrected chi connectivity index (χ1v) is 12.2. The summed E-state index contributed by atoms with van der Waals surface area (Å²) in [6.45, 7) is 9.20. The summed E-state index contributed by atoms with van der Waals surface area (Å²) < 4.78 is 17.4. The molecule has 10 heteroatoms. The lowest BCUT2D eigenvalue weighted by Gasteiger charge is -2.55. The Morgan fingerprint density at radius 3 is 2.65 bits per heavy atom. The van der Waals surface area contributed by atoms with Gasteiger partial charge in [-0.1, -0.05) is 0 Å². The molecule has 37 heavy (non-hydrogen) atoms. The summed E-state index contributed by atoms with van der Waals surface area (Å²) in [7, 11) is 1.61. The van der Waals surface area contributed by atoms with Crippen LogP contribution >= 0.6 is 0 Å². The van der Waals surface area contributed by atoms with Gasteiger partial charge in [0.1, 0.15) is 23.7 Å². The summed E-state index contributed by atoms with van der Waals surface area (Å²) in [5, 5.41) is 26.5. The molecule has 0 radical (unpaired) electrons. The Kier molecular flexibility index (Phi) is 5.46. The first-order valence-electron chi connectivity index (χ1n) is 12.2. The van der Waals surface area contributed by atoms with Gasteiger partial charge >= 0.3 is 0 Å². The zero-order valence-corrected chi connectivity index (χ0v) is 21.2. The number of ether oxygens (including phenoxy) is 3. The van der Waals surface area contributed by atoms with E-state index in [-0.39, 0.29) is 11.5 Å². The van der Waals surface area contributed by atoms with Gasteiger partial charge in [0.05, 0.1) is 48.7 Å². The lowest BCUT2D eigenvalue weighted by molar-refractivity contribution is -0.127. The molecule has 2 aliphatic heterocycles. The Bertz CT molecular complexity index is 1530. The zero-order valence-electron chi connectivity index (χ0n) is 21.2. The van der Waals surface area contributed by atoms with Crippen LogP contribution in [0.15, 0.2) is 30.6 Å². The number of benzene rings is 1. The van der Waals surface area contributed by atoms with Gasteiger partial charge in [-0.15, -0.1) is 0 Å². The molecule has 0 amide bonds. The van der Waals surface area contributed by atoms with Crippen LogP contribution in [0.25, 0.3) is 22.2 Å². The molecule has 2 saturated heterocycles. The fourth-order valence-electron chi connectivity index (χ4n) is 5.38. The number of methoxy groups -OCH3 is 1. The van der Waals surface area contributed by atoms with E-state index < -0.39 is 0 Å². The monoisotopic (exact) mass is 497 g/mol. The number of aromatic amines is 1. The van der Waals surface area contributed by atoms with Crippen LogP contribution in [-0.2, 0) is 4.74 Å². The number of hydrogen-bond acceptors (Lipinski definition) is 9. The topological polar surface area (TPSA) is 122 Å². The predicted molar refractivity (Wildman–Crippen MR) is 137 cm³/mol. The molecule has 1 aromatic carbocycles. The van der Waals surface area contributed by atoms with Gasteiger partial charge in [-0.25, -0.2) is 4.98 Å². The molecule has 1 atom stereocenters. The Morgan fingerprint density at radius 2 is 1.97 bits per heavy atom. The highest BCUT2D eigenvalue weighted by Gasteiger charge is 2.49. The van der Waals surface area contributed by atoms with E-state index in [1.807, 2.05) is 39.0 Å². The van der Waals surface area contributed by atoms with Crippen molar-refractivity contribution < 1.29 is 14.2 Å². The van der Waals surface area contributed by atoms with E-state index >= 15 is 0 Å². The highest BCUT2D eigenvalue weighted by Crippen LogP contribution is 2.42. The molecule has 2 aliphatic rings. The van der Waals surface area contributed by atoms with E-state index in [1.165, 1.54) is 0 Å². The van der Waals surface area contributed by atoms with Gasteiger partial charge in [-0.2, -0.15) is 20.6 Å². The van der Waals surface area contributed by atoms with E-state index in [1.54, 1.807) is 19.5 Å². The smallest absolute Gasteiger partial charge is 0.162 e. The van der Waals surface area contributed by atoms with Crippen LogP contribution in [0.5, 0.6) is 11.5 Å². The molecule has 10 nitrogen and oxygen atoms in total. The SMILES string of the molecule is COc1cc2[nH]nc(-c3cnc(N4CC5(COC5)C4)c(C#N)c3)c2cc1OC(C)c1c(C)cnnc1C. The maximum Gasteiger partial charge on any atom is 0.162 e. The average molecular weight is 498 g/mol. The fraction of sp³-hybridized carbons (Fsp3) is 0.370. The van der Waals surface area contributed by atoms with Crippen LogP contribution in [0.4, 0.5) is 5.82 Å². The van der Waals surface area contributed by atoms with Gasteiger partial charge in [0.2, 0.25) is 0 Å². The van der Waals surface area contributed by atoms with Gasteiger partial charge in [-0.05, 0) is 38.5 Å². The largest absolute Gasteiger partial charge is 0.493 e. The minimum Gasteiger partial charge on any atom is -0.493 e. The number of nitriles is 1. The number of pyridine rings is 1. The number of rotatable bonds is 6. The van der Waals surface area contributed by atoms with Crippen molar-refractivity contribution >= 4 is 16.7 Å². The number of aryl methyl sites for hydroxylation is 2. The fourth-order valence-corrected chi connectivity index (χ4v) is 5.38. The first kappa shape index (κ1) is 23.2. The third-order valence-electron chi connectivity index (χ3n) is 7.26. The second-order valence-electron chi connectivity index (χ2n) is 9.96. The van der Waals surface area contributed by atoms with Gasteiger partial charge < -0.3 is 19.1 Å². The lowest BCUT2D eigenvalue weighted by Crippen LogP contribution is -2.66. The van der Waals surface area contributed by atoms with Crippen molar-refractivity contribution in [2.24, 2.45) is 5.41 Å². The number of nitrogens with one attached hydrogen (secondary N) is 1. The highest BCUT2D eigenvalue weighted by atomic mass is 16.5. The molecule has 5 heterocycles. The normalized spacial score (nSPS) is 16.7. The first-order chi connectivity index (χ1) is 17.9. The summed E-state index contributed by atoms with van der Waals surface area (Å²) in [5.74, 6) is 1.88. The summed E-state index contributed by atoms with van der Waals surface area (Å²) in [4.78, 5) is 6.80. The van der Waals surface area contributed by atoms with E-state index in [4.69, 9.17) is 14.2 Å². The molecule has 1 N–H and O–H groups in total. The van der Waals surface area contributed by atoms with Crippen molar-refractivity contribution in [3.05, 3.63) is 53.0 Å². The van der Waals surface area contributed by atoms with Crippen molar-refractivity contribution in [2.45, 2.75) is 26.9 Å². The van der Waals surface area contributed by atoms with Crippen LogP contribution in [-0.4, -0.2) is 58.8 Å². The van der Waals surface area contributed by atoms with Gasteiger partial charge in [-0.3, -0.25) is 5.10 Å². The van der Waals surface area contributed by atoms with Crippen LogP contribution in [0.1, 0.15) is 35.4 Å². The third-order valence-corrected chi connectivity index (χ3v) is 7.26. The third kappa shape index (κ3) is 3.83. The number of nitrogens with zero attached hydrogens (tertiary/aromatic N) is 6. The molecule has 3 aromatic heterocycles. The molecular formula is C27H27N7O3. The van der Waals surface area contributed by atoms with Gasteiger partial charge in [0.15, 0.2) is 11.5 Å². The standard InChI is InChI=1S/C27H27N7O3/c1-15-9-30-31-16(2)24(15)17(3)37-23-6-20-21(7-22(23)35-4)32-33-25(20)19-5-18(8-28)26(29-10-19)34-11-27(12-34)13-36-14-27/h5-7,9-10,17H,11-14H2,1-4H3,(H,32,33). The summed E-state index contributed by atoms with van der Waals surface area (Å²) in [6.07, 6.45) is 3.24. The maximum atomic E-state index is 9.87. The average Bonchev–Trinajstić information content (AvgIpc) is 3.24. The lowest BCUT2D eigenvalue weighted by atomic mass is 9.78. The minimum absolute atomic E-state index is 0.238. The van der Waals surface area contributed by atoms with E-state index in [0.29, 0.717) is 28.6 Å². The summed E-state index contributed by atoms with van der Waals surface area (Å²) in [5.41, 5.74) is 5.83. The van der Waals surface area contributed by atoms with Gasteiger partial charge in [0.25, 0.3) is 0 Å². The van der Waals surface area contributed by atoms with Crippen LogP contribution in [0.3, 0.4) is 0 Å². The minimum atomic E-state index is -0.274. The summed E-state index contributed by atoms with van der Waals surface area (Å²) in [6, 6.07) is 7.95. The van der Waals surface area contributed by atoms with Crippen molar-refractivity contribution in [3.8, 4) is 28.8 Å². The molecule has 188 valence electrons. The number of hydrogen-bond donors (Lipinski definition) is 1. The Morgan fingerprint density at radius 1 is 1.16 bits per heavy atom. The predicted octanol–water partition coefficient (Wildman–Crippen LogP) is 3.89. The van der Waals surface area contributed by atoms with E-state index in [0.717, 1.165) is 59.6 Å². The second kappa shape index (κ2) is 8.71. The second-order valence-corrected chi connectivity index (χ2v) is 9.96. The van der Waals surface area contributed by atoms with Crippen molar-refractivity contribution in [3.63, 3.8) is 0 Å².